The SMILES string of the molecule is CN(C)S(=O)(=O)Oc1ccc(-c2ccc3occc3c2)cc1. The molecule has 6 heteroatoms. The third-order valence-electron chi connectivity index (χ3n) is 3.29. The maximum absolute atomic E-state index is 11.7. The summed E-state index contributed by atoms with van der Waals surface area (Å²) in [6.45, 7) is 0. The van der Waals surface area contributed by atoms with Crippen LogP contribution in [-0.2, 0) is 10.3 Å². The molecular formula is C16H15NO4S. The van der Waals surface area contributed by atoms with Gasteiger partial charge in [-0.2, -0.15) is 12.7 Å². The van der Waals surface area contributed by atoms with Crippen LogP contribution in [0, 0.1) is 0 Å². The summed E-state index contributed by atoms with van der Waals surface area (Å²) >= 11 is 0. The Balaban J connectivity index is 1.87. The normalized spacial score (nSPS) is 12.0. The third kappa shape index (κ3) is 2.84. The number of hydrogen-bond acceptors (Lipinski definition) is 4. The molecule has 0 bridgehead atoms. The molecule has 0 unspecified atom stereocenters. The molecule has 0 aliphatic rings. The second kappa shape index (κ2) is 5.47. The molecule has 0 spiro atoms. The molecule has 0 aliphatic heterocycles. The van der Waals surface area contributed by atoms with Gasteiger partial charge < -0.3 is 8.60 Å². The van der Waals surface area contributed by atoms with Gasteiger partial charge in [0.05, 0.1) is 6.26 Å². The molecule has 2 aromatic carbocycles. The molecule has 5 nitrogen and oxygen atoms in total. The molecule has 0 N–H and O–H groups in total. The van der Waals surface area contributed by atoms with Crippen LogP contribution >= 0.6 is 0 Å². The lowest BCUT2D eigenvalue weighted by Crippen LogP contribution is -2.26. The Morgan fingerprint density at radius 1 is 0.955 bits per heavy atom. The molecule has 114 valence electrons. The second-order valence-electron chi connectivity index (χ2n) is 5.02. The van der Waals surface area contributed by atoms with Gasteiger partial charge in [0, 0.05) is 19.5 Å². The summed E-state index contributed by atoms with van der Waals surface area (Å²) in [4.78, 5) is 0. The lowest BCUT2D eigenvalue weighted by Gasteiger charge is -2.12. The zero-order valence-electron chi connectivity index (χ0n) is 12.2. The zero-order chi connectivity index (χ0) is 15.7. The van der Waals surface area contributed by atoms with E-state index in [0.717, 1.165) is 26.4 Å². The van der Waals surface area contributed by atoms with Crippen LogP contribution in [0.15, 0.2) is 59.2 Å². The summed E-state index contributed by atoms with van der Waals surface area (Å²) in [7, 11) is -0.888. The summed E-state index contributed by atoms with van der Waals surface area (Å²) in [6, 6.07) is 14.7. The highest BCUT2D eigenvalue weighted by molar-refractivity contribution is 7.84. The number of furan rings is 1. The Bertz CT molecular complexity index is 895. The molecule has 3 aromatic rings. The van der Waals surface area contributed by atoms with Gasteiger partial charge >= 0.3 is 10.3 Å². The first-order chi connectivity index (χ1) is 10.5. The number of nitrogens with zero attached hydrogens (tertiary/aromatic N) is 1. The second-order valence-corrected chi connectivity index (χ2v) is 6.77. The van der Waals surface area contributed by atoms with Gasteiger partial charge in [-0.3, -0.25) is 0 Å². The van der Waals surface area contributed by atoms with Crippen molar-refractivity contribution in [1.82, 2.24) is 4.31 Å². The predicted octanol–water partition coefficient (Wildman–Crippen LogP) is 3.29. The van der Waals surface area contributed by atoms with E-state index in [4.69, 9.17) is 8.60 Å². The standard InChI is InChI=1S/C16H15NO4S/c1-17(2)22(18,19)21-15-6-3-12(4-7-15)13-5-8-16-14(11-13)9-10-20-16/h3-11H,1-2H3. The van der Waals surface area contributed by atoms with Crippen molar-refractivity contribution in [3.63, 3.8) is 0 Å². The van der Waals surface area contributed by atoms with Crippen molar-refractivity contribution >= 4 is 21.3 Å². The van der Waals surface area contributed by atoms with Crippen LogP contribution in [0.4, 0.5) is 0 Å². The fourth-order valence-electron chi connectivity index (χ4n) is 2.05. The molecule has 22 heavy (non-hydrogen) atoms. The van der Waals surface area contributed by atoms with Gasteiger partial charge in [0.2, 0.25) is 0 Å². The highest BCUT2D eigenvalue weighted by Gasteiger charge is 2.15. The number of fused-ring (bicyclic) bond motifs is 1. The summed E-state index contributed by atoms with van der Waals surface area (Å²) < 4.78 is 34.7. The van der Waals surface area contributed by atoms with Gasteiger partial charge in [-0.05, 0) is 41.5 Å². The Morgan fingerprint density at radius 2 is 1.64 bits per heavy atom. The van der Waals surface area contributed by atoms with Crippen LogP contribution in [0.25, 0.3) is 22.1 Å². The van der Waals surface area contributed by atoms with Gasteiger partial charge in [0.15, 0.2) is 0 Å². The fraction of sp³-hybridized carbons (Fsp3) is 0.125. The average Bonchev–Trinajstić information content (AvgIpc) is 2.95. The minimum Gasteiger partial charge on any atom is -0.464 e. The van der Waals surface area contributed by atoms with Gasteiger partial charge in [0.1, 0.15) is 11.3 Å². The smallest absolute Gasteiger partial charge is 0.384 e. The Hall–Kier alpha value is -2.31. The quantitative estimate of drug-likeness (QED) is 0.741. The van der Waals surface area contributed by atoms with E-state index in [1.54, 1.807) is 18.4 Å². The minimum absolute atomic E-state index is 0.279. The summed E-state index contributed by atoms with van der Waals surface area (Å²) in [5.74, 6) is 0.279. The number of rotatable bonds is 4. The van der Waals surface area contributed by atoms with E-state index < -0.39 is 10.3 Å². The Labute approximate surface area is 129 Å². The highest BCUT2D eigenvalue weighted by Crippen LogP contribution is 2.27. The zero-order valence-corrected chi connectivity index (χ0v) is 13.0. The molecule has 1 aromatic heterocycles. The first-order valence-corrected chi connectivity index (χ1v) is 8.02. The van der Waals surface area contributed by atoms with Gasteiger partial charge in [0.25, 0.3) is 0 Å². The van der Waals surface area contributed by atoms with Crippen molar-refractivity contribution in [2.75, 3.05) is 14.1 Å². The Morgan fingerprint density at radius 3 is 2.32 bits per heavy atom. The molecule has 3 rings (SSSR count). The molecule has 0 saturated carbocycles. The van der Waals surface area contributed by atoms with Crippen LogP contribution in [0.3, 0.4) is 0 Å². The van der Waals surface area contributed by atoms with Crippen molar-refractivity contribution in [1.29, 1.82) is 0 Å². The molecule has 1 heterocycles. The summed E-state index contributed by atoms with van der Waals surface area (Å²) in [5.41, 5.74) is 2.83. The van der Waals surface area contributed by atoms with E-state index >= 15 is 0 Å². The topological polar surface area (TPSA) is 59.8 Å². The van der Waals surface area contributed by atoms with Crippen molar-refractivity contribution < 1.29 is 17.0 Å². The largest absolute Gasteiger partial charge is 0.464 e. The summed E-state index contributed by atoms with van der Waals surface area (Å²) in [5, 5.41) is 1.02. The maximum atomic E-state index is 11.7. The molecular weight excluding hydrogens is 302 g/mol. The van der Waals surface area contributed by atoms with Crippen molar-refractivity contribution in [3.05, 3.63) is 54.8 Å². The third-order valence-corrected chi connectivity index (χ3v) is 4.59. The lowest BCUT2D eigenvalue weighted by molar-refractivity contribution is 0.421. The van der Waals surface area contributed by atoms with E-state index in [0.29, 0.717) is 0 Å². The van der Waals surface area contributed by atoms with Crippen molar-refractivity contribution in [2.45, 2.75) is 0 Å². The fourth-order valence-corrected chi connectivity index (χ4v) is 2.55. The van der Waals surface area contributed by atoms with E-state index in [1.807, 2.05) is 36.4 Å². The number of benzene rings is 2. The van der Waals surface area contributed by atoms with Gasteiger partial charge in [-0.25, -0.2) is 0 Å². The molecule has 0 atom stereocenters. The number of hydrogen-bond donors (Lipinski definition) is 0. The highest BCUT2D eigenvalue weighted by atomic mass is 32.2. The van der Waals surface area contributed by atoms with Gasteiger partial charge in [-0.1, -0.05) is 18.2 Å². The molecule has 0 amide bonds. The van der Waals surface area contributed by atoms with E-state index in [1.165, 1.54) is 14.1 Å². The van der Waals surface area contributed by atoms with Crippen molar-refractivity contribution in [2.24, 2.45) is 0 Å². The first kappa shape index (κ1) is 14.6. The first-order valence-electron chi connectivity index (χ1n) is 6.65. The maximum Gasteiger partial charge on any atom is 0.384 e. The van der Waals surface area contributed by atoms with Gasteiger partial charge in [-0.15, -0.1) is 0 Å². The van der Waals surface area contributed by atoms with Crippen LogP contribution in [0.1, 0.15) is 0 Å². The van der Waals surface area contributed by atoms with Crippen molar-refractivity contribution in [3.8, 4) is 16.9 Å². The van der Waals surface area contributed by atoms with Crippen LogP contribution < -0.4 is 4.18 Å². The average molecular weight is 317 g/mol. The van der Waals surface area contributed by atoms with E-state index in [2.05, 4.69) is 0 Å². The molecule has 0 fully saturated rings. The molecule has 0 saturated heterocycles. The van der Waals surface area contributed by atoms with E-state index in [9.17, 15) is 8.42 Å². The van der Waals surface area contributed by atoms with Crippen LogP contribution in [0.5, 0.6) is 5.75 Å². The predicted molar refractivity (Wildman–Crippen MR) is 84.9 cm³/mol. The molecule has 0 aliphatic carbocycles. The summed E-state index contributed by atoms with van der Waals surface area (Å²) in [6.07, 6.45) is 1.65. The van der Waals surface area contributed by atoms with E-state index in [-0.39, 0.29) is 5.75 Å². The lowest BCUT2D eigenvalue weighted by atomic mass is 10.0. The Kier molecular flexibility index (Phi) is 3.64. The van der Waals surface area contributed by atoms with Crippen LogP contribution in [-0.4, -0.2) is 26.8 Å². The molecule has 0 radical (unpaired) electrons. The minimum atomic E-state index is -3.73. The monoisotopic (exact) mass is 317 g/mol. The van der Waals surface area contributed by atoms with Crippen LogP contribution in [0.2, 0.25) is 0 Å².